The average Bonchev–Trinajstić information content (AvgIpc) is 2.28. The van der Waals surface area contributed by atoms with Crippen molar-refractivity contribution in [3.05, 3.63) is 35.5 Å². The molecule has 0 aliphatic heterocycles. The second kappa shape index (κ2) is 6.03. The Balaban J connectivity index is 2.62. The van der Waals surface area contributed by atoms with Gasteiger partial charge in [0.25, 0.3) is 5.91 Å². The minimum atomic E-state index is -0.0339. The molecule has 0 radical (unpaired) electrons. The van der Waals surface area contributed by atoms with Crippen LogP contribution < -0.4 is 5.32 Å². The normalized spacial score (nSPS) is 9.65. The van der Waals surface area contributed by atoms with Crippen molar-refractivity contribution in [3.63, 3.8) is 0 Å². The van der Waals surface area contributed by atoms with Crippen molar-refractivity contribution in [1.82, 2.24) is 9.88 Å². The molecule has 0 spiro atoms. The van der Waals surface area contributed by atoms with Crippen LogP contribution in [0.4, 0.5) is 5.82 Å². The summed E-state index contributed by atoms with van der Waals surface area (Å²) in [7, 11) is 3.45. The van der Waals surface area contributed by atoms with Gasteiger partial charge in [-0.15, -0.1) is 0 Å². The van der Waals surface area contributed by atoms with Crippen LogP contribution in [0.25, 0.3) is 0 Å². The Morgan fingerprint density at radius 2 is 2.12 bits per heavy atom. The number of carbonyl (C=O) groups excluding carboxylic acids is 1. The van der Waals surface area contributed by atoms with E-state index in [-0.39, 0.29) is 5.91 Å². The van der Waals surface area contributed by atoms with Gasteiger partial charge in [0.1, 0.15) is 5.82 Å². The van der Waals surface area contributed by atoms with Crippen LogP contribution in [0.2, 0.25) is 0 Å². The number of nitrogens with zero attached hydrogens (tertiary/aromatic N) is 2. The molecule has 0 bridgehead atoms. The molecule has 0 fully saturated rings. The maximum Gasteiger partial charge on any atom is 0.254 e. The number of pyridine rings is 1. The highest BCUT2D eigenvalue weighted by Gasteiger charge is 2.07. The summed E-state index contributed by atoms with van der Waals surface area (Å²) >= 11 is 0. The van der Waals surface area contributed by atoms with E-state index in [9.17, 15) is 4.79 Å². The molecule has 17 heavy (non-hydrogen) atoms. The Kier molecular flexibility index (Phi) is 4.69. The Labute approximate surface area is 102 Å². The van der Waals surface area contributed by atoms with Crippen LogP contribution in [-0.2, 0) is 0 Å². The quantitative estimate of drug-likeness (QED) is 0.811. The molecule has 1 aromatic heterocycles. The second-order valence-electron chi connectivity index (χ2n) is 4.29. The highest BCUT2D eigenvalue weighted by molar-refractivity contribution is 5.93. The van der Waals surface area contributed by atoms with Crippen LogP contribution in [0.15, 0.2) is 30.0 Å². The van der Waals surface area contributed by atoms with Crippen LogP contribution in [0.1, 0.15) is 24.2 Å². The Morgan fingerprint density at radius 3 is 2.59 bits per heavy atom. The van der Waals surface area contributed by atoms with E-state index in [1.54, 1.807) is 26.4 Å². The van der Waals surface area contributed by atoms with Crippen LogP contribution in [0, 0.1) is 0 Å². The van der Waals surface area contributed by atoms with Gasteiger partial charge in [-0.25, -0.2) is 4.98 Å². The lowest BCUT2D eigenvalue weighted by molar-refractivity contribution is 0.0827. The molecule has 92 valence electrons. The number of amides is 1. The Bertz CT molecular complexity index is 403. The largest absolute Gasteiger partial charge is 0.367 e. The summed E-state index contributed by atoms with van der Waals surface area (Å²) in [5.41, 5.74) is 1.86. The zero-order chi connectivity index (χ0) is 12.8. The second-order valence-corrected chi connectivity index (χ2v) is 4.29. The number of hydrogen-bond acceptors (Lipinski definition) is 3. The SMILES string of the molecule is CC(C)=CCNc1ccc(C(=O)N(C)C)cn1. The first-order valence-electron chi connectivity index (χ1n) is 5.55. The van der Waals surface area contributed by atoms with Crippen LogP contribution >= 0.6 is 0 Å². The predicted octanol–water partition coefficient (Wildman–Crippen LogP) is 2.16. The van der Waals surface area contributed by atoms with E-state index in [2.05, 4.69) is 16.4 Å². The predicted molar refractivity (Wildman–Crippen MR) is 70.2 cm³/mol. The summed E-state index contributed by atoms with van der Waals surface area (Å²) < 4.78 is 0. The summed E-state index contributed by atoms with van der Waals surface area (Å²) in [6, 6.07) is 3.59. The summed E-state index contributed by atoms with van der Waals surface area (Å²) in [6.07, 6.45) is 3.67. The van der Waals surface area contributed by atoms with E-state index in [0.717, 1.165) is 12.4 Å². The van der Waals surface area contributed by atoms with Gasteiger partial charge in [-0.3, -0.25) is 4.79 Å². The zero-order valence-corrected chi connectivity index (χ0v) is 10.8. The van der Waals surface area contributed by atoms with E-state index in [1.807, 2.05) is 19.9 Å². The molecule has 1 heterocycles. The first-order valence-corrected chi connectivity index (χ1v) is 5.55. The fourth-order valence-corrected chi connectivity index (χ4v) is 1.24. The highest BCUT2D eigenvalue weighted by Crippen LogP contribution is 2.06. The fourth-order valence-electron chi connectivity index (χ4n) is 1.24. The van der Waals surface area contributed by atoms with E-state index in [1.165, 1.54) is 10.5 Å². The lowest BCUT2D eigenvalue weighted by Gasteiger charge is -2.10. The topological polar surface area (TPSA) is 45.2 Å². The molecule has 1 amide bonds. The minimum Gasteiger partial charge on any atom is -0.367 e. The molecular weight excluding hydrogens is 214 g/mol. The lowest BCUT2D eigenvalue weighted by Crippen LogP contribution is -2.21. The lowest BCUT2D eigenvalue weighted by atomic mass is 10.2. The van der Waals surface area contributed by atoms with Crippen LogP contribution in [-0.4, -0.2) is 36.4 Å². The zero-order valence-electron chi connectivity index (χ0n) is 10.8. The smallest absolute Gasteiger partial charge is 0.254 e. The summed E-state index contributed by atoms with van der Waals surface area (Å²) in [4.78, 5) is 17.3. The van der Waals surface area contributed by atoms with Crippen molar-refractivity contribution in [2.75, 3.05) is 26.0 Å². The van der Waals surface area contributed by atoms with E-state index < -0.39 is 0 Å². The molecule has 0 aliphatic carbocycles. The summed E-state index contributed by atoms with van der Waals surface area (Å²) in [5.74, 6) is 0.742. The van der Waals surface area contributed by atoms with Crippen molar-refractivity contribution < 1.29 is 4.79 Å². The van der Waals surface area contributed by atoms with Crippen molar-refractivity contribution in [1.29, 1.82) is 0 Å². The van der Waals surface area contributed by atoms with Gasteiger partial charge in [-0.1, -0.05) is 11.6 Å². The molecule has 0 aliphatic rings. The van der Waals surface area contributed by atoms with Crippen LogP contribution in [0.5, 0.6) is 0 Å². The number of anilines is 1. The van der Waals surface area contributed by atoms with Gasteiger partial charge in [0, 0.05) is 26.8 Å². The van der Waals surface area contributed by atoms with Crippen molar-refractivity contribution in [2.24, 2.45) is 0 Å². The minimum absolute atomic E-state index is 0.0339. The average molecular weight is 233 g/mol. The van der Waals surface area contributed by atoms with Gasteiger partial charge in [-0.2, -0.15) is 0 Å². The molecule has 1 aromatic rings. The maximum atomic E-state index is 11.6. The van der Waals surface area contributed by atoms with Gasteiger partial charge in [0.15, 0.2) is 0 Å². The van der Waals surface area contributed by atoms with Gasteiger partial charge < -0.3 is 10.2 Å². The van der Waals surface area contributed by atoms with Crippen molar-refractivity contribution in [3.8, 4) is 0 Å². The van der Waals surface area contributed by atoms with Gasteiger partial charge in [0.05, 0.1) is 5.56 Å². The number of aromatic nitrogens is 1. The first-order chi connectivity index (χ1) is 8.00. The van der Waals surface area contributed by atoms with E-state index >= 15 is 0 Å². The molecule has 0 atom stereocenters. The fraction of sp³-hybridized carbons (Fsp3) is 0.385. The molecule has 0 unspecified atom stereocenters. The molecular formula is C13H19N3O. The molecule has 0 saturated heterocycles. The van der Waals surface area contributed by atoms with Crippen molar-refractivity contribution >= 4 is 11.7 Å². The molecule has 0 aromatic carbocycles. The molecule has 1 rings (SSSR count). The van der Waals surface area contributed by atoms with Crippen LogP contribution in [0.3, 0.4) is 0 Å². The Morgan fingerprint density at radius 1 is 1.41 bits per heavy atom. The molecule has 0 saturated carbocycles. The number of carbonyl (C=O) groups is 1. The molecule has 4 heteroatoms. The van der Waals surface area contributed by atoms with Crippen molar-refractivity contribution in [2.45, 2.75) is 13.8 Å². The third-order valence-electron chi connectivity index (χ3n) is 2.21. The molecule has 4 nitrogen and oxygen atoms in total. The van der Waals surface area contributed by atoms with E-state index in [0.29, 0.717) is 5.56 Å². The van der Waals surface area contributed by atoms with Gasteiger partial charge >= 0.3 is 0 Å². The highest BCUT2D eigenvalue weighted by atomic mass is 16.2. The van der Waals surface area contributed by atoms with E-state index in [4.69, 9.17) is 0 Å². The maximum absolute atomic E-state index is 11.6. The number of nitrogens with one attached hydrogen (secondary N) is 1. The summed E-state index contributed by atoms with van der Waals surface area (Å²) in [5, 5.41) is 3.16. The third kappa shape index (κ3) is 4.26. The molecule has 1 N–H and O–H groups in total. The standard InChI is InChI=1S/C13H19N3O/c1-10(2)7-8-14-12-6-5-11(9-15-12)13(17)16(3)4/h5-7,9H,8H2,1-4H3,(H,14,15). The summed E-state index contributed by atoms with van der Waals surface area (Å²) in [6.45, 7) is 4.85. The Hall–Kier alpha value is -1.84. The van der Waals surface area contributed by atoms with Gasteiger partial charge in [0.2, 0.25) is 0 Å². The number of rotatable bonds is 4. The third-order valence-corrected chi connectivity index (χ3v) is 2.21. The number of hydrogen-bond donors (Lipinski definition) is 1. The first kappa shape index (κ1) is 13.2. The van der Waals surface area contributed by atoms with Gasteiger partial charge in [-0.05, 0) is 26.0 Å². The monoisotopic (exact) mass is 233 g/mol. The number of allylic oxidation sites excluding steroid dienone is 1.